The number of hydrogen-bond donors (Lipinski definition) is 0. The molecule has 0 aromatic heterocycles. The second-order valence-corrected chi connectivity index (χ2v) is 7.68. The summed E-state index contributed by atoms with van der Waals surface area (Å²) >= 11 is 6.16. The molecule has 0 bridgehead atoms. The topological polar surface area (TPSA) is 3.24 Å². The van der Waals surface area contributed by atoms with Crippen LogP contribution in [0.4, 0.5) is 5.69 Å². The number of anilines is 1. The van der Waals surface area contributed by atoms with Crippen molar-refractivity contribution in [1.29, 1.82) is 0 Å². The van der Waals surface area contributed by atoms with Crippen molar-refractivity contribution in [3.63, 3.8) is 0 Å². The highest BCUT2D eigenvalue weighted by Gasteiger charge is 2.29. The molecule has 0 fully saturated rings. The molecular weight excluding hydrogens is 350 g/mol. The summed E-state index contributed by atoms with van der Waals surface area (Å²) in [5.74, 6) is 0.456. The number of allylic oxidation sites excluding steroid dienone is 5. The number of halogens is 1. The van der Waals surface area contributed by atoms with Gasteiger partial charge in [0, 0.05) is 29.4 Å². The van der Waals surface area contributed by atoms with E-state index in [4.69, 9.17) is 11.6 Å². The summed E-state index contributed by atoms with van der Waals surface area (Å²) in [7, 11) is 0. The van der Waals surface area contributed by atoms with Crippen LogP contribution in [0.2, 0.25) is 0 Å². The SMILES string of the molecule is C=C(CCl)C1=C(C)N(c2c(C)cc(C)cc2C)C/C1=C(/C)C=C(C)C.CC. The predicted molar refractivity (Wildman–Crippen MR) is 124 cm³/mol. The maximum absolute atomic E-state index is 6.16. The minimum atomic E-state index is 0.456. The summed E-state index contributed by atoms with van der Waals surface area (Å²) in [5.41, 5.74) is 12.7. The molecule has 2 heteroatoms. The smallest absolute Gasteiger partial charge is 0.0488 e. The van der Waals surface area contributed by atoms with E-state index in [9.17, 15) is 0 Å². The van der Waals surface area contributed by atoms with Gasteiger partial charge in [-0.1, -0.05) is 49.8 Å². The second-order valence-electron chi connectivity index (χ2n) is 7.41. The third-order valence-electron chi connectivity index (χ3n) is 4.79. The molecule has 0 amide bonds. The Kier molecular flexibility index (Phi) is 8.62. The van der Waals surface area contributed by atoms with Gasteiger partial charge in [0.05, 0.1) is 0 Å². The molecule has 2 rings (SSSR count). The maximum Gasteiger partial charge on any atom is 0.0488 e. The van der Waals surface area contributed by atoms with Gasteiger partial charge >= 0.3 is 0 Å². The Morgan fingerprint density at radius 1 is 1.07 bits per heavy atom. The number of benzene rings is 1. The van der Waals surface area contributed by atoms with Crippen molar-refractivity contribution >= 4 is 17.3 Å². The molecule has 27 heavy (non-hydrogen) atoms. The number of rotatable bonds is 4. The van der Waals surface area contributed by atoms with Crippen molar-refractivity contribution in [3.05, 3.63) is 75.0 Å². The van der Waals surface area contributed by atoms with Crippen LogP contribution in [0.25, 0.3) is 0 Å². The Labute approximate surface area is 172 Å². The van der Waals surface area contributed by atoms with Gasteiger partial charge in [0.2, 0.25) is 0 Å². The molecule has 0 unspecified atom stereocenters. The minimum Gasteiger partial charge on any atom is -0.340 e. The van der Waals surface area contributed by atoms with E-state index in [1.165, 1.54) is 50.4 Å². The van der Waals surface area contributed by atoms with E-state index in [1.54, 1.807) is 0 Å². The summed E-state index contributed by atoms with van der Waals surface area (Å²) in [5, 5.41) is 0. The van der Waals surface area contributed by atoms with Gasteiger partial charge < -0.3 is 4.90 Å². The molecule has 1 aliphatic heterocycles. The van der Waals surface area contributed by atoms with E-state index in [-0.39, 0.29) is 0 Å². The monoisotopic (exact) mass is 385 g/mol. The van der Waals surface area contributed by atoms with Crippen LogP contribution in [0, 0.1) is 20.8 Å². The quantitative estimate of drug-likeness (QED) is 0.477. The molecule has 0 N–H and O–H groups in total. The van der Waals surface area contributed by atoms with Crippen LogP contribution < -0.4 is 4.90 Å². The Morgan fingerprint density at radius 2 is 1.59 bits per heavy atom. The molecule has 0 aliphatic carbocycles. The van der Waals surface area contributed by atoms with Crippen molar-refractivity contribution < 1.29 is 0 Å². The first-order valence-corrected chi connectivity index (χ1v) is 10.4. The van der Waals surface area contributed by atoms with E-state index in [1.807, 2.05) is 13.8 Å². The van der Waals surface area contributed by atoms with E-state index < -0.39 is 0 Å². The fraction of sp³-hybridized carbons (Fsp3) is 0.440. The molecule has 1 aliphatic rings. The van der Waals surface area contributed by atoms with Crippen LogP contribution >= 0.6 is 11.6 Å². The Balaban J connectivity index is 0.00000176. The lowest BCUT2D eigenvalue weighted by Crippen LogP contribution is -2.20. The predicted octanol–water partition coefficient (Wildman–Crippen LogP) is 7.81. The normalized spacial score (nSPS) is 15.4. The standard InChI is InChI=1S/C23H30ClN.C2H6/c1-14(2)9-16(4)21-13-25(20(8)22(21)19(7)12-24)23-17(5)10-15(3)11-18(23)6;1-2/h9-11H,7,12-13H2,1-6,8H3;1-2H3/b21-16+;. The second kappa shape index (κ2) is 9.99. The number of aryl methyl sites for hydroxylation is 3. The van der Waals surface area contributed by atoms with E-state index in [0.29, 0.717) is 5.88 Å². The van der Waals surface area contributed by atoms with Crippen LogP contribution in [0.1, 0.15) is 58.2 Å². The molecule has 148 valence electrons. The lowest BCUT2D eigenvalue weighted by molar-refractivity contribution is 1.01. The van der Waals surface area contributed by atoms with Gasteiger partial charge in [0.25, 0.3) is 0 Å². The Bertz CT molecular complexity index is 779. The molecule has 0 saturated heterocycles. The van der Waals surface area contributed by atoms with Crippen LogP contribution in [-0.2, 0) is 0 Å². The molecular formula is C25H36ClN. The molecule has 0 radical (unpaired) electrons. The third-order valence-corrected chi connectivity index (χ3v) is 5.11. The number of alkyl halides is 1. The van der Waals surface area contributed by atoms with Crippen LogP contribution in [0.3, 0.4) is 0 Å². The molecule has 1 nitrogen and oxygen atoms in total. The highest BCUT2D eigenvalue weighted by Crippen LogP contribution is 2.40. The van der Waals surface area contributed by atoms with Gasteiger partial charge in [-0.25, -0.2) is 0 Å². The molecule has 1 heterocycles. The van der Waals surface area contributed by atoms with E-state index in [2.05, 4.69) is 78.2 Å². The Morgan fingerprint density at radius 3 is 2.04 bits per heavy atom. The van der Waals surface area contributed by atoms with Gasteiger partial charge in [-0.15, -0.1) is 11.6 Å². The fourth-order valence-electron chi connectivity index (χ4n) is 3.93. The number of hydrogen-bond acceptors (Lipinski definition) is 1. The summed E-state index contributed by atoms with van der Waals surface area (Å²) in [6, 6.07) is 4.52. The zero-order valence-corrected chi connectivity index (χ0v) is 19.4. The maximum atomic E-state index is 6.16. The van der Waals surface area contributed by atoms with Gasteiger partial charge in [-0.2, -0.15) is 0 Å². The van der Waals surface area contributed by atoms with Crippen molar-refractivity contribution in [2.45, 2.75) is 62.3 Å². The minimum absolute atomic E-state index is 0.456. The van der Waals surface area contributed by atoms with E-state index >= 15 is 0 Å². The van der Waals surface area contributed by atoms with Crippen molar-refractivity contribution in [3.8, 4) is 0 Å². The summed E-state index contributed by atoms with van der Waals surface area (Å²) < 4.78 is 0. The van der Waals surface area contributed by atoms with Crippen molar-refractivity contribution in [2.75, 3.05) is 17.3 Å². The molecule has 0 atom stereocenters. The lowest BCUT2D eigenvalue weighted by Gasteiger charge is -2.25. The highest BCUT2D eigenvalue weighted by atomic mass is 35.5. The fourth-order valence-corrected chi connectivity index (χ4v) is 4.07. The summed E-state index contributed by atoms with van der Waals surface area (Å²) in [6.07, 6.45) is 2.25. The first kappa shape index (κ1) is 23.3. The first-order valence-electron chi connectivity index (χ1n) is 9.82. The lowest BCUT2D eigenvalue weighted by atomic mass is 9.96. The van der Waals surface area contributed by atoms with E-state index in [0.717, 1.165) is 12.1 Å². The zero-order chi connectivity index (χ0) is 20.9. The molecule has 1 aromatic carbocycles. The third kappa shape index (κ3) is 5.17. The first-order chi connectivity index (χ1) is 12.7. The molecule has 0 spiro atoms. The Hall–Kier alpha value is -1.73. The zero-order valence-electron chi connectivity index (χ0n) is 18.7. The summed E-state index contributed by atoms with van der Waals surface area (Å²) in [6.45, 7) is 24.3. The largest absolute Gasteiger partial charge is 0.340 e. The molecule has 0 saturated carbocycles. The van der Waals surface area contributed by atoms with Gasteiger partial charge in [-0.05, 0) is 76.3 Å². The van der Waals surface area contributed by atoms with Gasteiger partial charge in [0.1, 0.15) is 0 Å². The van der Waals surface area contributed by atoms with Gasteiger partial charge in [0.15, 0.2) is 0 Å². The summed E-state index contributed by atoms with van der Waals surface area (Å²) in [4.78, 5) is 2.43. The van der Waals surface area contributed by atoms with Crippen molar-refractivity contribution in [2.24, 2.45) is 0 Å². The molecule has 1 aromatic rings. The van der Waals surface area contributed by atoms with Crippen molar-refractivity contribution in [1.82, 2.24) is 0 Å². The van der Waals surface area contributed by atoms with Crippen LogP contribution in [0.15, 0.2) is 58.4 Å². The highest BCUT2D eigenvalue weighted by molar-refractivity contribution is 6.20. The van der Waals surface area contributed by atoms with Crippen LogP contribution in [-0.4, -0.2) is 12.4 Å². The van der Waals surface area contributed by atoms with Crippen LogP contribution in [0.5, 0.6) is 0 Å². The average Bonchev–Trinajstić information content (AvgIpc) is 2.92. The average molecular weight is 386 g/mol. The number of nitrogens with zero attached hydrogens (tertiary/aromatic N) is 1. The van der Waals surface area contributed by atoms with Gasteiger partial charge in [-0.3, -0.25) is 0 Å².